The summed E-state index contributed by atoms with van der Waals surface area (Å²) in [6, 6.07) is 12.4. The summed E-state index contributed by atoms with van der Waals surface area (Å²) in [5, 5.41) is 0. The molecule has 0 atom stereocenters. The summed E-state index contributed by atoms with van der Waals surface area (Å²) in [6.45, 7) is 2.89. The third-order valence-corrected chi connectivity index (χ3v) is 6.71. The van der Waals surface area contributed by atoms with Crippen LogP contribution in [0, 0.1) is 0 Å². The third-order valence-electron chi connectivity index (χ3n) is 4.81. The van der Waals surface area contributed by atoms with Crippen molar-refractivity contribution in [3.05, 3.63) is 58.5 Å². The van der Waals surface area contributed by atoms with Crippen LogP contribution in [0.15, 0.2) is 52.2 Å². The largest absolute Gasteiger partial charge is 0.399 e. The molecule has 0 radical (unpaired) electrons. The van der Waals surface area contributed by atoms with Gasteiger partial charge in [0.2, 0.25) is 10.0 Å². The minimum absolute atomic E-state index is 0. The zero-order valence-electron chi connectivity index (χ0n) is 15.1. The lowest BCUT2D eigenvalue weighted by Crippen LogP contribution is -2.48. The Morgan fingerprint density at radius 1 is 0.964 bits per heavy atom. The summed E-state index contributed by atoms with van der Waals surface area (Å²) in [7, 11) is -3.60. The molecule has 2 aromatic carbocycles. The topological polar surface area (TPSA) is 115 Å². The highest BCUT2D eigenvalue weighted by atomic mass is 35.5. The van der Waals surface area contributed by atoms with Crippen LogP contribution in [0.25, 0.3) is 11.0 Å². The molecule has 150 valence electrons. The number of nitrogens with one attached hydrogen (secondary N) is 2. The van der Waals surface area contributed by atoms with Crippen molar-refractivity contribution in [3.8, 4) is 0 Å². The molecule has 1 fully saturated rings. The van der Waals surface area contributed by atoms with E-state index in [4.69, 9.17) is 5.73 Å². The van der Waals surface area contributed by atoms with Gasteiger partial charge in [-0.15, -0.1) is 12.4 Å². The fourth-order valence-corrected chi connectivity index (χ4v) is 4.85. The van der Waals surface area contributed by atoms with Crippen LogP contribution in [0.4, 0.5) is 5.69 Å². The lowest BCUT2D eigenvalue weighted by molar-refractivity contribution is 0.181. The zero-order valence-corrected chi connectivity index (χ0v) is 16.7. The Morgan fingerprint density at radius 3 is 2.39 bits per heavy atom. The minimum Gasteiger partial charge on any atom is -0.399 e. The van der Waals surface area contributed by atoms with E-state index in [0.717, 1.165) is 17.8 Å². The molecule has 3 aromatic rings. The molecule has 1 saturated heterocycles. The number of H-pyrrole nitrogens is 2. The third kappa shape index (κ3) is 4.07. The van der Waals surface area contributed by atoms with Crippen molar-refractivity contribution < 1.29 is 8.42 Å². The van der Waals surface area contributed by atoms with E-state index in [-0.39, 0.29) is 23.0 Å². The van der Waals surface area contributed by atoms with Gasteiger partial charge in [-0.2, -0.15) is 4.31 Å². The maximum atomic E-state index is 12.9. The molecule has 28 heavy (non-hydrogen) atoms. The number of benzene rings is 2. The van der Waals surface area contributed by atoms with Crippen molar-refractivity contribution in [1.29, 1.82) is 0 Å². The second-order valence-electron chi connectivity index (χ2n) is 6.71. The number of nitrogen functional groups attached to an aromatic ring is 1. The molecule has 0 bridgehead atoms. The Balaban J connectivity index is 0.00000225. The van der Waals surface area contributed by atoms with Crippen LogP contribution in [0.3, 0.4) is 0 Å². The average molecular weight is 424 g/mol. The van der Waals surface area contributed by atoms with Crippen LogP contribution in [-0.4, -0.2) is 53.8 Å². The second-order valence-corrected chi connectivity index (χ2v) is 8.65. The lowest BCUT2D eigenvalue weighted by atomic mass is 10.2. The van der Waals surface area contributed by atoms with E-state index in [1.165, 1.54) is 16.4 Å². The quantitative estimate of drug-likeness (QED) is 0.548. The average Bonchev–Trinajstić information content (AvgIpc) is 3.01. The van der Waals surface area contributed by atoms with E-state index in [0.29, 0.717) is 37.2 Å². The predicted octanol–water partition coefficient (Wildman–Crippen LogP) is 1.37. The number of hydrogen-bond donors (Lipinski definition) is 3. The second kappa shape index (κ2) is 7.96. The van der Waals surface area contributed by atoms with Gasteiger partial charge in [-0.1, -0.05) is 12.1 Å². The van der Waals surface area contributed by atoms with Crippen molar-refractivity contribution in [2.24, 2.45) is 0 Å². The highest BCUT2D eigenvalue weighted by molar-refractivity contribution is 7.89. The van der Waals surface area contributed by atoms with Gasteiger partial charge < -0.3 is 15.7 Å². The van der Waals surface area contributed by atoms with Crippen molar-refractivity contribution in [3.63, 3.8) is 0 Å². The standard InChI is InChI=1S/C18H21N5O3S.ClH/c19-14-3-1-2-13(10-14)12-22-6-8-23(9-7-22)27(25,26)15-4-5-16-17(11-15)21-18(24)20-16;/h1-5,10-11H,6-9,12,19H2,(H2,20,21,24);1H. The van der Waals surface area contributed by atoms with Gasteiger partial charge in [-0.25, -0.2) is 13.2 Å². The van der Waals surface area contributed by atoms with E-state index in [1.54, 1.807) is 6.07 Å². The Bertz CT molecular complexity index is 1130. The molecular formula is C18H22ClN5O3S. The molecule has 0 saturated carbocycles. The SMILES string of the molecule is Cl.Nc1cccc(CN2CCN(S(=O)(=O)c3ccc4[nH]c(=O)[nH]c4c3)CC2)c1. The first-order chi connectivity index (χ1) is 12.9. The summed E-state index contributed by atoms with van der Waals surface area (Å²) >= 11 is 0. The van der Waals surface area contributed by atoms with E-state index in [2.05, 4.69) is 14.9 Å². The monoisotopic (exact) mass is 423 g/mol. The lowest BCUT2D eigenvalue weighted by Gasteiger charge is -2.34. The van der Waals surface area contributed by atoms with Crippen molar-refractivity contribution >= 4 is 39.2 Å². The zero-order chi connectivity index (χ0) is 19.0. The van der Waals surface area contributed by atoms with E-state index in [9.17, 15) is 13.2 Å². The predicted molar refractivity (Wildman–Crippen MR) is 111 cm³/mol. The molecule has 0 unspecified atom stereocenters. The fourth-order valence-electron chi connectivity index (χ4n) is 3.40. The molecule has 10 heteroatoms. The summed E-state index contributed by atoms with van der Waals surface area (Å²) in [5.74, 6) is 0. The van der Waals surface area contributed by atoms with Crippen molar-refractivity contribution in [2.45, 2.75) is 11.4 Å². The van der Waals surface area contributed by atoms with Crippen LogP contribution in [0.2, 0.25) is 0 Å². The number of aromatic nitrogens is 2. The number of imidazole rings is 1. The molecule has 1 aromatic heterocycles. The van der Waals surface area contributed by atoms with Gasteiger partial charge in [0.15, 0.2) is 0 Å². The number of aromatic amines is 2. The minimum atomic E-state index is -3.60. The first kappa shape index (κ1) is 20.4. The maximum Gasteiger partial charge on any atom is 0.323 e. The Morgan fingerprint density at radius 2 is 1.68 bits per heavy atom. The molecule has 4 rings (SSSR count). The summed E-state index contributed by atoms with van der Waals surface area (Å²) in [5.41, 5.74) is 8.39. The molecular weight excluding hydrogens is 402 g/mol. The highest BCUT2D eigenvalue weighted by Crippen LogP contribution is 2.21. The van der Waals surface area contributed by atoms with E-state index < -0.39 is 10.0 Å². The summed E-state index contributed by atoms with van der Waals surface area (Å²) < 4.78 is 27.4. The number of nitrogens with zero attached hydrogens (tertiary/aromatic N) is 2. The van der Waals surface area contributed by atoms with Crippen LogP contribution >= 0.6 is 12.4 Å². The highest BCUT2D eigenvalue weighted by Gasteiger charge is 2.28. The van der Waals surface area contributed by atoms with Crippen LogP contribution in [-0.2, 0) is 16.6 Å². The number of fused-ring (bicyclic) bond motifs is 1. The molecule has 0 amide bonds. The maximum absolute atomic E-state index is 12.9. The van der Waals surface area contributed by atoms with Crippen LogP contribution < -0.4 is 11.4 Å². The fraction of sp³-hybridized carbons (Fsp3) is 0.278. The Kier molecular flexibility index (Phi) is 5.80. The smallest absolute Gasteiger partial charge is 0.323 e. The van der Waals surface area contributed by atoms with Gasteiger partial charge in [-0.3, -0.25) is 4.90 Å². The molecule has 8 nitrogen and oxygen atoms in total. The number of sulfonamides is 1. The summed E-state index contributed by atoms with van der Waals surface area (Å²) in [6.07, 6.45) is 0. The van der Waals surface area contributed by atoms with Crippen LogP contribution in [0.1, 0.15) is 5.56 Å². The Labute approximate surface area is 168 Å². The van der Waals surface area contributed by atoms with E-state index >= 15 is 0 Å². The summed E-state index contributed by atoms with van der Waals surface area (Å²) in [4.78, 5) is 19.0. The molecule has 0 spiro atoms. The number of anilines is 1. The first-order valence-corrected chi connectivity index (χ1v) is 10.1. The normalized spacial score (nSPS) is 16.1. The number of rotatable bonds is 4. The number of nitrogens with two attached hydrogens (primary N) is 1. The first-order valence-electron chi connectivity index (χ1n) is 8.71. The van der Waals surface area contributed by atoms with Gasteiger partial charge in [0.05, 0.1) is 15.9 Å². The van der Waals surface area contributed by atoms with E-state index in [1.807, 2.05) is 24.3 Å². The van der Waals surface area contributed by atoms with Gasteiger partial charge in [0.25, 0.3) is 0 Å². The molecule has 2 heterocycles. The number of hydrogen-bond acceptors (Lipinski definition) is 5. The van der Waals surface area contributed by atoms with Gasteiger partial charge in [-0.05, 0) is 35.9 Å². The van der Waals surface area contributed by atoms with Crippen LogP contribution in [0.5, 0.6) is 0 Å². The van der Waals surface area contributed by atoms with Gasteiger partial charge in [0, 0.05) is 38.4 Å². The Hall–Kier alpha value is -2.33. The van der Waals surface area contributed by atoms with Gasteiger partial charge >= 0.3 is 5.69 Å². The van der Waals surface area contributed by atoms with Crippen molar-refractivity contribution in [2.75, 3.05) is 31.9 Å². The van der Waals surface area contributed by atoms with Gasteiger partial charge in [0.1, 0.15) is 0 Å². The number of piperazine rings is 1. The molecule has 1 aliphatic rings. The van der Waals surface area contributed by atoms with Crippen molar-refractivity contribution in [1.82, 2.24) is 19.2 Å². The molecule has 0 aliphatic carbocycles. The molecule has 4 N–H and O–H groups in total. The molecule has 1 aliphatic heterocycles. The number of halogens is 1.